The molecule has 0 aliphatic carbocycles. The molecule has 0 aliphatic heterocycles. The van der Waals surface area contributed by atoms with Gasteiger partial charge in [-0.05, 0) is 76.9 Å². The van der Waals surface area contributed by atoms with Gasteiger partial charge in [-0.3, -0.25) is 0 Å². The van der Waals surface area contributed by atoms with Crippen molar-refractivity contribution in [3.05, 3.63) is 194 Å². The molecular formula is C48H32N2O. The third-order valence-corrected chi connectivity index (χ3v) is 9.98. The molecular weight excluding hydrogens is 621 g/mol. The summed E-state index contributed by atoms with van der Waals surface area (Å²) in [6, 6.07) is 69.0. The average molecular weight is 653 g/mol. The van der Waals surface area contributed by atoms with Gasteiger partial charge >= 0.3 is 0 Å². The van der Waals surface area contributed by atoms with Crippen LogP contribution < -0.4 is 4.90 Å². The van der Waals surface area contributed by atoms with E-state index in [1.807, 2.05) is 0 Å². The van der Waals surface area contributed by atoms with Crippen LogP contribution in [0.1, 0.15) is 0 Å². The lowest BCUT2D eigenvalue weighted by Gasteiger charge is -2.26. The summed E-state index contributed by atoms with van der Waals surface area (Å²) in [4.78, 5) is 2.35. The van der Waals surface area contributed by atoms with Crippen LogP contribution in [-0.4, -0.2) is 4.57 Å². The maximum absolute atomic E-state index is 6.93. The highest BCUT2D eigenvalue weighted by Gasteiger charge is 2.25. The highest BCUT2D eigenvalue weighted by atomic mass is 16.3. The Kier molecular flexibility index (Phi) is 6.81. The van der Waals surface area contributed by atoms with Crippen molar-refractivity contribution in [2.75, 3.05) is 4.90 Å². The lowest BCUT2D eigenvalue weighted by molar-refractivity contribution is 0.669. The first-order chi connectivity index (χ1) is 25.3. The number of hydrogen-bond donors (Lipinski definition) is 0. The fourth-order valence-electron chi connectivity index (χ4n) is 7.63. The quantitative estimate of drug-likeness (QED) is 0.178. The third-order valence-electron chi connectivity index (χ3n) is 9.98. The number of anilines is 3. The molecule has 2 heterocycles. The van der Waals surface area contributed by atoms with Crippen LogP contribution in [0, 0.1) is 0 Å². The molecule has 8 aromatic carbocycles. The van der Waals surface area contributed by atoms with E-state index in [1.54, 1.807) is 0 Å². The van der Waals surface area contributed by atoms with Crippen molar-refractivity contribution in [2.45, 2.75) is 0 Å². The van der Waals surface area contributed by atoms with E-state index in [-0.39, 0.29) is 0 Å². The molecule has 0 saturated heterocycles. The maximum Gasteiger partial charge on any atom is 0.161 e. The second kappa shape index (κ2) is 11.9. The minimum atomic E-state index is 0.850. The van der Waals surface area contributed by atoms with Crippen LogP contribution in [0.4, 0.5) is 17.1 Å². The Labute approximate surface area is 295 Å². The van der Waals surface area contributed by atoms with E-state index in [4.69, 9.17) is 4.42 Å². The minimum absolute atomic E-state index is 0.850. The van der Waals surface area contributed by atoms with Gasteiger partial charge in [0, 0.05) is 33.2 Å². The number of furan rings is 1. The van der Waals surface area contributed by atoms with Gasteiger partial charge in [-0.1, -0.05) is 140 Å². The summed E-state index contributed by atoms with van der Waals surface area (Å²) in [6.07, 6.45) is 0. The summed E-state index contributed by atoms with van der Waals surface area (Å²) < 4.78 is 9.33. The molecule has 51 heavy (non-hydrogen) atoms. The normalized spacial score (nSPS) is 11.5. The molecule has 3 nitrogen and oxygen atoms in total. The van der Waals surface area contributed by atoms with Crippen LogP contribution in [-0.2, 0) is 0 Å². The standard InChI is InChI=1S/C48H32N2O/c1-4-14-33(15-5-1)35-24-28-38(29-25-35)49(39-30-26-36(27-31-39)34-16-6-2-7-17-34)44-32-42-40-20-10-12-22-43(40)50(37-18-8-3-9-19-37)47(42)46-41-21-11-13-23-45(41)51-48(44)46/h1-32H. The Hall–Kier alpha value is -6.84. The molecule has 0 amide bonds. The minimum Gasteiger partial charge on any atom is -0.454 e. The molecule has 0 radical (unpaired) electrons. The van der Waals surface area contributed by atoms with Gasteiger partial charge < -0.3 is 13.9 Å². The van der Waals surface area contributed by atoms with E-state index >= 15 is 0 Å². The Balaban J connectivity index is 1.28. The Morgan fingerprint density at radius 2 is 0.902 bits per heavy atom. The first kappa shape index (κ1) is 29.1. The van der Waals surface area contributed by atoms with E-state index in [9.17, 15) is 0 Å². The zero-order valence-corrected chi connectivity index (χ0v) is 27.8. The van der Waals surface area contributed by atoms with Crippen molar-refractivity contribution in [1.29, 1.82) is 0 Å². The van der Waals surface area contributed by atoms with Crippen LogP contribution in [0.2, 0.25) is 0 Å². The van der Waals surface area contributed by atoms with E-state index in [0.29, 0.717) is 0 Å². The van der Waals surface area contributed by atoms with Gasteiger partial charge in [-0.15, -0.1) is 0 Å². The number of aromatic nitrogens is 1. The number of benzene rings is 8. The summed E-state index contributed by atoms with van der Waals surface area (Å²) in [5, 5.41) is 4.57. The molecule has 0 aliphatic rings. The van der Waals surface area contributed by atoms with Gasteiger partial charge in [-0.2, -0.15) is 0 Å². The second-order valence-corrected chi connectivity index (χ2v) is 12.9. The molecule has 0 saturated carbocycles. The Bertz CT molecular complexity index is 2730. The lowest BCUT2D eigenvalue weighted by Crippen LogP contribution is -2.10. The molecule has 2 aromatic heterocycles. The lowest BCUT2D eigenvalue weighted by atomic mass is 10.0. The molecule has 0 atom stereocenters. The molecule has 10 rings (SSSR count). The number of para-hydroxylation sites is 3. The van der Waals surface area contributed by atoms with Gasteiger partial charge in [0.05, 0.1) is 22.1 Å². The van der Waals surface area contributed by atoms with Gasteiger partial charge in [0.1, 0.15) is 5.58 Å². The molecule has 10 aromatic rings. The monoisotopic (exact) mass is 652 g/mol. The molecule has 0 N–H and O–H groups in total. The van der Waals surface area contributed by atoms with Crippen molar-refractivity contribution in [3.8, 4) is 27.9 Å². The number of rotatable bonds is 6. The van der Waals surface area contributed by atoms with E-state index in [2.05, 4.69) is 204 Å². The van der Waals surface area contributed by atoms with E-state index < -0.39 is 0 Å². The molecule has 0 fully saturated rings. The number of hydrogen-bond acceptors (Lipinski definition) is 2. The molecule has 0 spiro atoms. The SMILES string of the molecule is c1ccc(-c2ccc(N(c3ccc(-c4ccccc4)cc3)c3cc4c5ccccc5n(-c5ccccc5)c4c4c3oc3ccccc34)cc2)cc1. The van der Waals surface area contributed by atoms with Crippen LogP contribution in [0.15, 0.2) is 199 Å². The van der Waals surface area contributed by atoms with Crippen molar-refractivity contribution in [2.24, 2.45) is 0 Å². The van der Waals surface area contributed by atoms with Crippen LogP contribution >= 0.6 is 0 Å². The van der Waals surface area contributed by atoms with Crippen molar-refractivity contribution < 1.29 is 4.42 Å². The number of nitrogens with zero attached hydrogens (tertiary/aromatic N) is 2. The molecule has 3 heteroatoms. The zero-order valence-electron chi connectivity index (χ0n) is 27.8. The summed E-state index contributed by atoms with van der Waals surface area (Å²) in [5.41, 5.74) is 13.0. The van der Waals surface area contributed by atoms with Crippen molar-refractivity contribution >= 4 is 60.8 Å². The van der Waals surface area contributed by atoms with E-state index in [0.717, 1.165) is 55.7 Å². The highest BCUT2D eigenvalue weighted by Crippen LogP contribution is 2.48. The fourth-order valence-corrected chi connectivity index (χ4v) is 7.63. The summed E-state index contributed by atoms with van der Waals surface area (Å²) in [5.74, 6) is 0. The predicted octanol–water partition coefficient (Wildman–Crippen LogP) is 13.5. The average Bonchev–Trinajstić information content (AvgIpc) is 3.76. The number of fused-ring (bicyclic) bond motifs is 7. The predicted molar refractivity (Wildman–Crippen MR) is 214 cm³/mol. The van der Waals surface area contributed by atoms with Crippen molar-refractivity contribution in [1.82, 2.24) is 4.57 Å². The first-order valence-electron chi connectivity index (χ1n) is 17.4. The summed E-state index contributed by atoms with van der Waals surface area (Å²) >= 11 is 0. The fraction of sp³-hybridized carbons (Fsp3) is 0. The van der Waals surface area contributed by atoms with Crippen molar-refractivity contribution in [3.63, 3.8) is 0 Å². The molecule has 0 unspecified atom stereocenters. The summed E-state index contributed by atoms with van der Waals surface area (Å²) in [6.45, 7) is 0. The smallest absolute Gasteiger partial charge is 0.161 e. The van der Waals surface area contributed by atoms with Gasteiger partial charge in [-0.25, -0.2) is 0 Å². The largest absolute Gasteiger partial charge is 0.454 e. The second-order valence-electron chi connectivity index (χ2n) is 12.9. The van der Waals surface area contributed by atoms with Crippen LogP contribution in [0.5, 0.6) is 0 Å². The first-order valence-corrected chi connectivity index (χ1v) is 17.4. The third kappa shape index (κ3) is 4.82. The summed E-state index contributed by atoms with van der Waals surface area (Å²) in [7, 11) is 0. The van der Waals surface area contributed by atoms with E-state index in [1.165, 1.54) is 33.0 Å². The topological polar surface area (TPSA) is 21.3 Å². The van der Waals surface area contributed by atoms with Crippen LogP contribution in [0.3, 0.4) is 0 Å². The zero-order chi connectivity index (χ0) is 33.7. The van der Waals surface area contributed by atoms with Gasteiger partial charge in [0.25, 0.3) is 0 Å². The van der Waals surface area contributed by atoms with Crippen LogP contribution in [0.25, 0.3) is 71.7 Å². The Morgan fingerprint density at radius 1 is 0.412 bits per heavy atom. The highest BCUT2D eigenvalue weighted by molar-refractivity contribution is 6.27. The molecule has 0 bridgehead atoms. The maximum atomic E-state index is 6.93. The van der Waals surface area contributed by atoms with Gasteiger partial charge in [0.2, 0.25) is 0 Å². The van der Waals surface area contributed by atoms with Gasteiger partial charge in [0.15, 0.2) is 5.58 Å². The molecule has 240 valence electrons. The Morgan fingerprint density at radius 3 is 1.51 bits per heavy atom.